The lowest BCUT2D eigenvalue weighted by Crippen LogP contribution is -2.38. The molecule has 0 spiro atoms. The van der Waals surface area contributed by atoms with Gasteiger partial charge in [0.15, 0.2) is 0 Å². The smallest absolute Gasteiger partial charge is 0.259 e. The summed E-state index contributed by atoms with van der Waals surface area (Å²) in [6, 6.07) is 11.7. The number of nitrogens with zero attached hydrogens (tertiary/aromatic N) is 2. The number of carbonyl (C=O) groups is 1. The Labute approximate surface area is 149 Å². The second-order valence-corrected chi connectivity index (χ2v) is 6.23. The van der Waals surface area contributed by atoms with E-state index in [0.717, 1.165) is 31.0 Å². The molecular weight excluding hydrogens is 314 g/mol. The molecule has 5 heteroatoms. The first kappa shape index (κ1) is 17.4. The number of hydrogen-bond donors (Lipinski definition) is 1. The predicted octanol–water partition coefficient (Wildman–Crippen LogP) is 3.51. The van der Waals surface area contributed by atoms with E-state index in [1.54, 1.807) is 12.3 Å². The number of unbranched alkanes of at least 4 members (excludes halogenated alkanes) is 1. The minimum absolute atomic E-state index is 0.129. The van der Waals surface area contributed by atoms with Gasteiger partial charge in [-0.25, -0.2) is 4.98 Å². The van der Waals surface area contributed by atoms with Crippen LogP contribution >= 0.6 is 0 Å². The number of amides is 1. The number of anilines is 2. The number of morpholine rings is 1. The SMILES string of the molecule is CCCCc1ccc(NC(=O)c2cccnc2N2CCOCC2)cc1. The van der Waals surface area contributed by atoms with Gasteiger partial charge in [-0.3, -0.25) is 4.79 Å². The van der Waals surface area contributed by atoms with E-state index in [-0.39, 0.29) is 5.91 Å². The highest BCUT2D eigenvalue weighted by atomic mass is 16.5. The van der Waals surface area contributed by atoms with Crippen molar-refractivity contribution in [2.24, 2.45) is 0 Å². The average molecular weight is 339 g/mol. The molecule has 2 aromatic rings. The molecule has 25 heavy (non-hydrogen) atoms. The molecule has 1 fully saturated rings. The number of aryl methyl sites for hydroxylation is 1. The maximum atomic E-state index is 12.7. The molecule has 0 aliphatic carbocycles. The number of ether oxygens (including phenoxy) is 1. The highest BCUT2D eigenvalue weighted by molar-refractivity contribution is 6.07. The van der Waals surface area contributed by atoms with Gasteiger partial charge >= 0.3 is 0 Å². The Balaban J connectivity index is 1.70. The zero-order chi connectivity index (χ0) is 17.5. The Hall–Kier alpha value is -2.40. The van der Waals surface area contributed by atoms with Gasteiger partial charge < -0.3 is 15.0 Å². The summed E-state index contributed by atoms with van der Waals surface area (Å²) in [7, 11) is 0. The summed E-state index contributed by atoms with van der Waals surface area (Å²) in [5, 5.41) is 2.98. The van der Waals surface area contributed by atoms with Gasteiger partial charge in [-0.1, -0.05) is 25.5 Å². The van der Waals surface area contributed by atoms with Gasteiger partial charge in [-0.15, -0.1) is 0 Å². The zero-order valence-corrected chi connectivity index (χ0v) is 14.7. The van der Waals surface area contributed by atoms with E-state index in [1.165, 1.54) is 18.4 Å². The van der Waals surface area contributed by atoms with Crippen molar-refractivity contribution in [2.75, 3.05) is 36.5 Å². The van der Waals surface area contributed by atoms with Crippen molar-refractivity contribution in [1.29, 1.82) is 0 Å². The predicted molar refractivity (Wildman–Crippen MR) is 100 cm³/mol. The van der Waals surface area contributed by atoms with E-state index >= 15 is 0 Å². The fourth-order valence-corrected chi connectivity index (χ4v) is 2.94. The molecule has 1 aromatic carbocycles. The van der Waals surface area contributed by atoms with Crippen LogP contribution in [0.4, 0.5) is 11.5 Å². The highest BCUT2D eigenvalue weighted by Gasteiger charge is 2.19. The Kier molecular flexibility index (Phi) is 6.01. The van der Waals surface area contributed by atoms with Crippen molar-refractivity contribution in [3.05, 3.63) is 53.7 Å². The summed E-state index contributed by atoms with van der Waals surface area (Å²) >= 11 is 0. The van der Waals surface area contributed by atoms with E-state index in [0.29, 0.717) is 18.8 Å². The van der Waals surface area contributed by atoms with Crippen LogP contribution in [-0.4, -0.2) is 37.2 Å². The summed E-state index contributed by atoms with van der Waals surface area (Å²) in [6.07, 6.45) is 5.17. The number of rotatable bonds is 6. The summed E-state index contributed by atoms with van der Waals surface area (Å²) in [6.45, 7) is 5.02. The van der Waals surface area contributed by atoms with Crippen LogP contribution in [0.5, 0.6) is 0 Å². The molecule has 0 unspecified atom stereocenters. The molecular formula is C20H25N3O2. The number of nitrogens with one attached hydrogen (secondary N) is 1. The minimum atomic E-state index is -0.129. The van der Waals surface area contributed by atoms with Crippen LogP contribution in [0.25, 0.3) is 0 Å². The third-order valence-electron chi connectivity index (χ3n) is 4.37. The number of benzene rings is 1. The van der Waals surface area contributed by atoms with Crippen molar-refractivity contribution in [3.63, 3.8) is 0 Å². The molecule has 1 N–H and O–H groups in total. The zero-order valence-electron chi connectivity index (χ0n) is 14.7. The number of hydrogen-bond acceptors (Lipinski definition) is 4. The normalized spacial score (nSPS) is 14.4. The third-order valence-corrected chi connectivity index (χ3v) is 4.37. The number of pyridine rings is 1. The molecule has 0 radical (unpaired) electrons. The summed E-state index contributed by atoms with van der Waals surface area (Å²) in [4.78, 5) is 19.3. The standard InChI is InChI=1S/C20H25N3O2/c1-2-3-5-16-7-9-17(10-8-16)22-20(24)18-6-4-11-21-19(18)23-12-14-25-15-13-23/h4,6-11H,2-3,5,12-15H2,1H3,(H,22,24). The van der Waals surface area contributed by atoms with Crippen molar-refractivity contribution >= 4 is 17.4 Å². The van der Waals surface area contributed by atoms with Crippen LogP contribution in [0.3, 0.4) is 0 Å². The molecule has 132 valence electrons. The van der Waals surface area contributed by atoms with Gasteiger partial charge in [-0.2, -0.15) is 0 Å². The fraction of sp³-hybridized carbons (Fsp3) is 0.400. The van der Waals surface area contributed by atoms with E-state index < -0.39 is 0 Å². The lowest BCUT2D eigenvalue weighted by atomic mass is 10.1. The minimum Gasteiger partial charge on any atom is -0.378 e. The fourth-order valence-electron chi connectivity index (χ4n) is 2.94. The Morgan fingerprint density at radius 3 is 2.68 bits per heavy atom. The maximum Gasteiger partial charge on any atom is 0.259 e. The monoisotopic (exact) mass is 339 g/mol. The van der Waals surface area contributed by atoms with Crippen LogP contribution in [0, 0.1) is 0 Å². The molecule has 0 atom stereocenters. The van der Waals surface area contributed by atoms with Crippen molar-refractivity contribution in [3.8, 4) is 0 Å². The molecule has 1 aliphatic rings. The van der Waals surface area contributed by atoms with Crippen molar-refractivity contribution in [2.45, 2.75) is 26.2 Å². The lowest BCUT2D eigenvalue weighted by molar-refractivity contribution is 0.102. The molecule has 5 nitrogen and oxygen atoms in total. The van der Waals surface area contributed by atoms with Crippen LogP contribution in [0.2, 0.25) is 0 Å². The van der Waals surface area contributed by atoms with Gasteiger partial charge in [0.2, 0.25) is 0 Å². The molecule has 0 saturated carbocycles. The van der Waals surface area contributed by atoms with Crippen molar-refractivity contribution in [1.82, 2.24) is 4.98 Å². The molecule has 3 rings (SSSR count). The van der Waals surface area contributed by atoms with E-state index in [4.69, 9.17) is 4.74 Å². The first-order chi connectivity index (χ1) is 12.3. The molecule has 2 heterocycles. The first-order valence-electron chi connectivity index (χ1n) is 8.96. The van der Waals surface area contributed by atoms with Crippen LogP contribution < -0.4 is 10.2 Å². The lowest BCUT2D eigenvalue weighted by Gasteiger charge is -2.29. The second kappa shape index (κ2) is 8.62. The molecule has 1 saturated heterocycles. The highest BCUT2D eigenvalue weighted by Crippen LogP contribution is 2.20. The molecule has 1 aromatic heterocycles. The van der Waals surface area contributed by atoms with Crippen LogP contribution in [0.15, 0.2) is 42.6 Å². The van der Waals surface area contributed by atoms with Gasteiger partial charge in [0.25, 0.3) is 5.91 Å². The number of aromatic nitrogens is 1. The second-order valence-electron chi connectivity index (χ2n) is 6.23. The topological polar surface area (TPSA) is 54.5 Å². The van der Waals surface area contributed by atoms with Gasteiger partial charge in [-0.05, 0) is 42.7 Å². The summed E-state index contributed by atoms with van der Waals surface area (Å²) in [5.41, 5.74) is 2.71. The van der Waals surface area contributed by atoms with E-state index in [1.807, 2.05) is 18.2 Å². The van der Waals surface area contributed by atoms with Crippen molar-refractivity contribution < 1.29 is 9.53 Å². The summed E-state index contributed by atoms with van der Waals surface area (Å²) in [5.74, 6) is 0.596. The third kappa shape index (κ3) is 4.57. The largest absolute Gasteiger partial charge is 0.378 e. The molecule has 1 aliphatic heterocycles. The Morgan fingerprint density at radius 1 is 1.20 bits per heavy atom. The Morgan fingerprint density at radius 2 is 1.96 bits per heavy atom. The molecule has 0 bridgehead atoms. The summed E-state index contributed by atoms with van der Waals surface area (Å²) < 4.78 is 5.39. The van der Waals surface area contributed by atoms with Crippen LogP contribution in [-0.2, 0) is 11.2 Å². The Bertz CT molecular complexity index is 694. The van der Waals surface area contributed by atoms with Crippen LogP contribution in [0.1, 0.15) is 35.7 Å². The van der Waals surface area contributed by atoms with Gasteiger partial charge in [0.1, 0.15) is 5.82 Å². The quantitative estimate of drug-likeness (QED) is 0.875. The van der Waals surface area contributed by atoms with E-state index in [2.05, 4.69) is 34.3 Å². The van der Waals surface area contributed by atoms with Gasteiger partial charge in [0, 0.05) is 25.0 Å². The first-order valence-corrected chi connectivity index (χ1v) is 8.96. The molecule has 1 amide bonds. The van der Waals surface area contributed by atoms with E-state index in [9.17, 15) is 4.79 Å². The maximum absolute atomic E-state index is 12.7. The van der Waals surface area contributed by atoms with Gasteiger partial charge in [0.05, 0.1) is 18.8 Å². The number of carbonyl (C=O) groups excluding carboxylic acids is 1. The average Bonchev–Trinajstić information content (AvgIpc) is 2.68.